The van der Waals surface area contributed by atoms with Gasteiger partial charge in [-0.2, -0.15) is 0 Å². The second-order valence-electron chi connectivity index (χ2n) is 5.02. The Morgan fingerprint density at radius 3 is 2.50 bits per heavy atom. The van der Waals surface area contributed by atoms with Gasteiger partial charge in [0, 0.05) is 23.3 Å². The highest BCUT2D eigenvalue weighted by atomic mass is 14.9. The van der Waals surface area contributed by atoms with Crippen molar-refractivity contribution in [3.63, 3.8) is 0 Å². The molecule has 0 aliphatic heterocycles. The van der Waals surface area contributed by atoms with Gasteiger partial charge in [0.05, 0.1) is 0 Å². The first kappa shape index (κ1) is 11.2. The van der Waals surface area contributed by atoms with Crippen LogP contribution in [0.3, 0.4) is 0 Å². The summed E-state index contributed by atoms with van der Waals surface area (Å²) >= 11 is 0. The average molecular weight is 236 g/mol. The Morgan fingerprint density at radius 1 is 0.944 bits per heavy atom. The van der Waals surface area contributed by atoms with Gasteiger partial charge < -0.3 is 0 Å². The molecule has 1 heteroatoms. The molecule has 0 fully saturated rings. The highest BCUT2D eigenvalue weighted by Crippen LogP contribution is 2.25. The lowest BCUT2D eigenvalue weighted by Gasteiger charge is -2.06. The maximum Gasteiger partial charge on any atom is 0.181 e. The van der Waals surface area contributed by atoms with Crippen molar-refractivity contribution in [1.82, 2.24) is 0 Å². The maximum atomic E-state index is 2.33. The van der Waals surface area contributed by atoms with E-state index in [-0.39, 0.29) is 0 Å². The number of pyridine rings is 1. The summed E-state index contributed by atoms with van der Waals surface area (Å²) in [6, 6.07) is 13.5. The molecule has 0 unspecified atom stereocenters. The summed E-state index contributed by atoms with van der Waals surface area (Å²) in [7, 11) is 2.12. The van der Waals surface area contributed by atoms with Gasteiger partial charge in [0.15, 0.2) is 11.9 Å². The third-order valence-electron chi connectivity index (χ3n) is 3.71. The van der Waals surface area contributed by atoms with Crippen LogP contribution in [-0.4, -0.2) is 0 Å². The Balaban J connectivity index is 2.45. The second kappa shape index (κ2) is 4.09. The number of aromatic nitrogens is 1. The van der Waals surface area contributed by atoms with E-state index >= 15 is 0 Å². The monoisotopic (exact) mass is 236 g/mol. The molecule has 0 amide bonds. The van der Waals surface area contributed by atoms with Crippen LogP contribution in [0.25, 0.3) is 21.5 Å². The molecule has 90 valence electrons. The minimum atomic E-state index is 1.06. The van der Waals surface area contributed by atoms with Gasteiger partial charge in [-0.05, 0) is 23.8 Å². The molecule has 0 radical (unpaired) electrons. The van der Waals surface area contributed by atoms with Crippen LogP contribution in [0, 0.1) is 6.92 Å². The Kier molecular flexibility index (Phi) is 2.55. The molecule has 3 rings (SSSR count). The van der Waals surface area contributed by atoms with Crippen LogP contribution in [0.5, 0.6) is 0 Å². The molecular formula is C17H18N+. The third kappa shape index (κ3) is 1.67. The van der Waals surface area contributed by atoms with Gasteiger partial charge >= 0.3 is 0 Å². The standard InChI is InChI=1S/C17H18N/c1-4-15-10-17-14(11-18(15)3)7-6-13-9-12(2)5-8-16(13)17/h5-11H,4H2,1-3H3/q+1. The summed E-state index contributed by atoms with van der Waals surface area (Å²) in [4.78, 5) is 0. The van der Waals surface area contributed by atoms with Crippen LogP contribution in [0.1, 0.15) is 18.2 Å². The molecule has 0 saturated carbocycles. The van der Waals surface area contributed by atoms with Gasteiger partial charge in [0.25, 0.3) is 0 Å². The SMILES string of the molecule is CCc1cc2c(ccc3cc(C)ccc32)c[n+]1C. The van der Waals surface area contributed by atoms with E-state index in [2.05, 4.69) is 68.1 Å². The van der Waals surface area contributed by atoms with Crippen molar-refractivity contribution >= 4 is 21.5 Å². The van der Waals surface area contributed by atoms with Crippen molar-refractivity contribution in [3.8, 4) is 0 Å². The van der Waals surface area contributed by atoms with Crippen LogP contribution in [0.4, 0.5) is 0 Å². The number of aryl methyl sites for hydroxylation is 3. The normalized spacial score (nSPS) is 11.3. The molecule has 0 aliphatic rings. The van der Waals surface area contributed by atoms with E-state index in [0.717, 1.165) is 6.42 Å². The zero-order valence-electron chi connectivity index (χ0n) is 11.2. The number of rotatable bonds is 1. The van der Waals surface area contributed by atoms with Crippen molar-refractivity contribution in [2.45, 2.75) is 20.3 Å². The number of fused-ring (bicyclic) bond motifs is 3. The quantitative estimate of drug-likeness (QED) is 0.448. The molecule has 1 nitrogen and oxygen atoms in total. The number of hydrogen-bond donors (Lipinski definition) is 0. The van der Waals surface area contributed by atoms with E-state index in [9.17, 15) is 0 Å². The van der Waals surface area contributed by atoms with E-state index in [4.69, 9.17) is 0 Å². The number of benzene rings is 2. The molecule has 1 heterocycles. The molecule has 1 aromatic heterocycles. The highest BCUT2D eigenvalue weighted by molar-refractivity contribution is 6.07. The first-order valence-corrected chi connectivity index (χ1v) is 6.50. The molecule has 18 heavy (non-hydrogen) atoms. The second-order valence-corrected chi connectivity index (χ2v) is 5.02. The van der Waals surface area contributed by atoms with Crippen LogP contribution in [0.2, 0.25) is 0 Å². The van der Waals surface area contributed by atoms with Gasteiger partial charge in [-0.1, -0.05) is 36.8 Å². The molecule has 0 spiro atoms. The topological polar surface area (TPSA) is 3.88 Å². The first-order valence-electron chi connectivity index (χ1n) is 6.50. The molecule has 0 aliphatic carbocycles. The summed E-state index contributed by atoms with van der Waals surface area (Å²) in [5, 5.41) is 5.36. The van der Waals surface area contributed by atoms with Crippen LogP contribution < -0.4 is 4.57 Å². The Bertz CT molecular complexity index is 741. The molecular weight excluding hydrogens is 218 g/mol. The van der Waals surface area contributed by atoms with Crippen LogP contribution in [0.15, 0.2) is 42.6 Å². The predicted molar refractivity (Wildman–Crippen MR) is 76.7 cm³/mol. The van der Waals surface area contributed by atoms with E-state index in [1.807, 2.05) is 0 Å². The Morgan fingerprint density at radius 2 is 1.72 bits per heavy atom. The van der Waals surface area contributed by atoms with Gasteiger partial charge in [-0.3, -0.25) is 0 Å². The molecule has 2 aromatic carbocycles. The first-order chi connectivity index (χ1) is 8.69. The fourth-order valence-electron chi connectivity index (χ4n) is 2.68. The van der Waals surface area contributed by atoms with E-state index in [1.54, 1.807) is 0 Å². The number of nitrogens with zero attached hydrogens (tertiary/aromatic N) is 1. The van der Waals surface area contributed by atoms with Crippen molar-refractivity contribution in [3.05, 3.63) is 53.9 Å². The molecule has 0 saturated heterocycles. The van der Waals surface area contributed by atoms with Crippen LogP contribution >= 0.6 is 0 Å². The Labute approximate surface area is 108 Å². The lowest BCUT2D eigenvalue weighted by Crippen LogP contribution is -2.32. The third-order valence-corrected chi connectivity index (χ3v) is 3.71. The maximum absolute atomic E-state index is 2.33. The van der Waals surface area contributed by atoms with Crippen molar-refractivity contribution in [2.75, 3.05) is 0 Å². The fraction of sp³-hybridized carbons (Fsp3) is 0.235. The lowest BCUT2D eigenvalue weighted by atomic mass is 10.0. The summed E-state index contributed by atoms with van der Waals surface area (Å²) in [6.07, 6.45) is 3.29. The number of hydrogen-bond acceptors (Lipinski definition) is 0. The van der Waals surface area contributed by atoms with E-state index in [0.29, 0.717) is 0 Å². The lowest BCUT2D eigenvalue weighted by molar-refractivity contribution is -0.677. The summed E-state index contributed by atoms with van der Waals surface area (Å²) in [6.45, 7) is 4.35. The summed E-state index contributed by atoms with van der Waals surface area (Å²) in [5.41, 5.74) is 2.69. The Hall–Kier alpha value is -1.89. The minimum Gasteiger partial charge on any atom is -0.205 e. The molecule has 3 aromatic rings. The van der Waals surface area contributed by atoms with Crippen LogP contribution in [-0.2, 0) is 13.5 Å². The van der Waals surface area contributed by atoms with Gasteiger partial charge in [0.2, 0.25) is 0 Å². The molecule has 0 atom stereocenters. The zero-order valence-corrected chi connectivity index (χ0v) is 11.2. The van der Waals surface area contributed by atoms with Crippen molar-refractivity contribution < 1.29 is 4.57 Å². The van der Waals surface area contributed by atoms with Gasteiger partial charge in [0.1, 0.15) is 7.05 Å². The molecule has 0 bridgehead atoms. The fourth-order valence-corrected chi connectivity index (χ4v) is 2.68. The predicted octanol–water partition coefficient (Wildman–Crippen LogP) is 3.69. The average Bonchev–Trinajstić information content (AvgIpc) is 2.37. The van der Waals surface area contributed by atoms with Crippen molar-refractivity contribution in [2.24, 2.45) is 7.05 Å². The highest BCUT2D eigenvalue weighted by Gasteiger charge is 2.09. The van der Waals surface area contributed by atoms with Gasteiger partial charge in [-0.25, -0.2) is 4.57 Å². The zero-order chi connectivity index (χ0) is 12.7. The molecule has 0 N–H and O–H groups in total. The van der Waals surface area contributed by atoms with E-state index in [1.165, 1.54) is 32.8 Å². The van der Waals surface area contributed by atoms with E-state index < -0.39 is 0 Å². The minimum absolute atomic E-state index is 1.06. The van der Waals surface area contributed by atoms with Gasteiger partial charge in [-0.15, -0.1) is 0 Å². The summed E-state index contributed by atoms with van der Waals surface area (Å²) < 4.78 is 2.22. The largest absolute Gasteiger partial charge is 0.205 e. The summed E-state index contributed by atoms with van der Waals surface area (Å²) in [5.74, 6) is 0. The smallest absolute Gasteiger partial charge is 0.181 e. The van der Waals surface area contributed by atoms with Crippen molar-refractivity contribution in [1.29, 1.82) is 0 Å².